The summed E-state index contributed by atoms with van der Waals surface area (Å²) in [5.41, 5.74) is 8.91. The lowest BCUT2D eigenvalue weighted by Crippen LogP contribution is -2.09. The summed E-state index contributed by atoms with van der Waals surface area (Å²) in [6.07, 6.45) is 0. The fourth-order valence-electron chi connectivity index (χ4n) is 2.22. The Bertz CT molecular complexity index is 771. The molecular formula is C13H12N4O. The van der Waals surface area contributed by atoms with Gasteiger partial charge >= 0.3 is 0 Å². The van der Waals surface area contributed by atoms with Gasteiger partial charge in [0.15, 0.2) is 5.82 Å². The zero-order chi connectivity index (χ0) is 12.7. The standard InChI is InChI=1S/C13H12N4O/c1-7-9(8-5-3-2-4-6-8)11-10(13(18)15-7)12(14)17-16-11/h2-6H,1H3,(H,15,18)(H3,14,16,17). The topological polar surface area (TPSA) is 87.6 Å². The van der Waals surface area contributed by atoms with Crippen molar-refractivity contribution >= 4 is 16.7 Å². The van der Waals surface area contributed by atoms with E-state index in [0.717, 1.165) is 16.8 Å². The second-order valence-electron chi connectivity index (χ2n) is 4.18. The third-order valence-corrected chi connectivity index (χ3v) is 3.01. The summed E-state index contributed by atoms with van der Waals surface area (Å²) in [4.78, 5) is 14.7. The first-order valence-electron chi connectivity index (χ1n) is 5.60. The molecule has 0 aliphatic carbocycles. The van der Waals surface area contributed by atoms with Crippen LogP contribution in [0.5, 0.6) is 0 Å². The van der Waals surface area contributed by atoms with Crippen molar-refractivity contribution in [3.05, 3.63) is 46.4 Å². The number of aromatic nitrogens is 3. The molecule has 5 heteroatoms. The number of nitrogens with zero attached hydrogens (tertiary/aromatic N) is 1. The van der Waals surface area contributed by atoms with Crippen LogP contribution in [0.15, 0.2) is 35.1 Å². The highest BCUT2D eigenvalue weighted by atomic mass is 16.1. The van der Waals surface area contributed by atoms with Crippen LogP contribution in [0.3, 0.4) is 0 Å². The molecule has 1 aromatic carbocycles. The van der Waals surface area contributed by atoms with Gasteiger partial charge in [-0.3, -0.25) is 9.89 Å². The molecule has 3 rings (SSSR count). The molecule has 0 aliphatic heterocycles. The lowest BCUT2D eigenvalue weighted by molar-refractivity contribution is 1.12. The minimum Gasteiger partial charge on any atom is -0.382 e. The molecule has 0 unspecified atom stereocenters. The largest absolute Gasteiger partial charge is 0.382 e. The molecule has 0 atom stereocenters. The first-order valence-corrected chi connectivity index (χ1v) is 5.60. The van der Waals surface area contributed by atoms with Crippen LogP contribution in [0.2, 0.25) is 0 Å². The number of hydrogen-bond donors (Lipinski definition) is 3. The highest BCUT2D eigenvalue weighted by Gasteiger charge is 2.14. The van der Waals surface area contributed by atoms with E-state index in [1.54, 1.807) is 0 Å². The van der Waals surface area contributed by atoms with Crippen molar-refractivity contribution in [3.8, 4) is 11.1 Å². The van der Waals surface area contributed by atoms with Gasteiger partial charge in [-0.05, 0) is 12.5 Å². The predicted octanol–water partition coefficient (Wildman–Crippen LogP) is 1.81. The van der Waals surface area contributed by atoms with E-state index in [-0.39, 0.29) is 11.4 Å². The average molecular weight is 240 g/mol. The molecule has 0 aliphatic rings. The lowest BCUT2D eigenvalue weighted by Gasteiger charge is -2.06. The molecule has 90 valence electrons. The first-order chi connectivity index (χ1) is 8.68. The van der Waals surface area contributed by atoms with Crippen LogP contribution in [0.4, 0.5) is 5.82 Å². The van der Waals surface area contributed by atoms with Crippen LogP contribution in [-0.2, 0) is 0 Å². The Morgan fingerprint density at radius 1 is 1.22 bits per heavy atom. The lowest BCUT2D eigenvalue weighted by atomic mass is 10.0. The van der Waals surface area contributed by atoms with Crippen molar-refractivity contribution in [3.63, 3.8) is 0 Å². The average Bonchev–Trinajstić information content (AvgIpc) is 2.73. The second kappa shape index (κ2) is 3.73. The highest BCUT2D eigenvalue weighted by Crippen LogP contribution is 2.29. The van der Waals surface area contributed by atoms with Crippen LogP contribution in [-0.4, -0.2) is 15.2 Å². The third kappa shape index (κ3) is 1.41. The highest BCUT2D eigenvalue weighted by molar-refractivity contribution is 5.99. The van der Waals surface area contributed by atoms with E-state index in [1.165, 1.54) is 0 Å². The van der Waals surface area contributed by atoms with E-state index in [2.05, 4.69) is 15.2 Å². The minimum atomic E-state index is -0.214. The van der Waals surface area contributed by atoms with Crippen molar-refractivity contribution in [2.75, 3.05) is 5.73 Å². The van der Waals surface area contributed by atoms with Gasteiger partial charge in [-0.1, -0.05) is 30.3 Å². The zero-order valence-electron chi connectivity index (χ0n) is 9.82. The SMILES string of the molecule is Cc1[nH]c(=O)c2c(N)n[nH]c2c1-c1ccccc1. The first kappa shape index (κ1) is 10.6. The molecule has 0 radical (unpaired) electrons. The van der Waals surface area contributed by atoms with E-state index >= 15 is 0 Å². The molecule has 0 saturated carbocycles. The Labute approximate surface area is 103 Å². The van der Waals surface area contributed by atoms with Gasteiger partial charge in [-0.25, -0.2) is 0 Å². The Kier molecular flexibility index (Phi) is 2.19. The maximum absolute atomic E-state index is 11.9. The van der Waals surface area contributed by atoms with Crippen LogP contribution in [0, 0.1) is 6.92 Å². The summed E-state index contributed by atoms with van der Waals surface area (Å²) in [5, 5.41) is 7.17. The quantitative estimate of drug-likeness (QED) is 0.606. The van der Waals surface area contributed by atoms with Gasteiger partial charge in [-0.15, -0.1) is 0 Å². The molecule has 3 aromatic rings. The van der Waals surface area contributed by atoms with Gasteiger partial charge in [0.1, 0.15) is 5.39 Å². The number of nitrogens with one attached hydrogen (secondary N) is 2. The maximum Gasteiger partial charge on any atom is 0.261 e. The normalized spacial score (nSPS) is 10.9. The molecule has 4 N–H and O–H groups in total. The van der Waals surface area contributed by atoms with Crippen LogP contribution < -0.4 is 11.3 Å². The van der Waals surface area contributed by atoms with E-state index < -0.39 is 0 Å². The van der Waals surface area contributed by atoms with Gasteiger partial charge in [0.25, 0.3) is 5.56 Å². The number of nitrogens with two attached hydrogens (primary N) is 1. The molecule has 5 nitrogen and oxygen atoms in total. The van der Waals surface area contributed by atoms with Gasteiger partial charge in [0.05, 0.1) is 5.52 Å². The Balaban J connectivity index is 2.47. The molecule has 0 amide bonds. The Morgan fingerprint density at radius 3 is 2.67 bits per heavy atom. The Morgan fingerprint density at radius 2 is 1.94 bits per heavy atom. The minimum absolute atomic E-state index is 0.214. The number of aromatic amines is 2. The molecule has 0 bridgehead atoms. The van der Waals surface area contributed by atoms with Crippen LogP contribution in [0.1, 0.15) is 5.69 Å². The van der Waals surface area contributed by atoms with Crippen LogP contribution in [0.25, 0.3) is 22.0 Å². The molecule has 0 fully saturated rings. The Hall–Kier alpha value is -2.56. The van der Waals surface area contributed by atoms with Crippen molar-refractivity contribution in [2.24, 2.45) is 0 Å². The summed E-state index contributed by atoms with van der Waals surface area (Å²) in [6, 6.07) is 9.81. The number of anilines is 1. The van der Waals surface area contributed by atoms with E-state index in [9.17, 15) is 4.79 Å². The summed E-state index contributed by atoms with van der Waals surface area (Å²) in [5.74, 6) is 0.225. The summed E-state index contributed by atoms with van der Waals surface area (Å²) < 4.78 is 0. The number of nitrogen functional groups attached to an aromatic ring is 1. The second-order valence-corrected chi connectivity index (χ2v) is 4.18. The monoisotopic (exact) mass is 240 g/mol. The summed E-state index contributed by atoms with van der Waals surface area (Å²) in [7, 11) is 0. The van der Waals surface area contributed by atoms with Gasteiger partial charge in [0.2, 0.25) is 0 Å². The fourth-order valence-corrected chi connectivity index (χ4v) is 2.22. The van der Waals surface area contributed by atoms with Crippen molar-refractivity contribution < 1.29 is 0 Å². The number of hydrogen-bond acceptors (Lipinski definition) is 3. The number of fused-ring (bicyclic) bond motifs is 1. The van der Waals surface area contributed by atoms with Gasteiger partial charge < -0.3 is 10.7 Å². The predicted molar refractivity (Wildman–Crippen MR) is 71.3 cm³/mol. The number of pyridine rings is 1. The van der Waals surface area contributed by atoms with E-state index in [0.29, 0.717) is 10.9 Å². The van der Waals surface area contributed by atoms with Crippen molar-refractivity contribution in [1.29, 1.82) is 0 Å². The fraction of sp³-hybridized carbons (Fsp3) is 0.0769. The number of H-pyrrole nitrogens is 2. The van der Waals surface area contributed by atoms with Crippen molar-refractivity contribution in [1.82, 2.24) is 15.2 Å². The molecule has 0 saturated heterocycles. The van der Waals surface area contributed by atoms with Gasteiger partial charge in [0, 0.05) is 11.3 Å². The maximum atomic E-state index is 11.9. The van der Waals surface area contributed by atoms with Gasteiger partial charge in [-0.2, -0.15) is 5.10 Å². The summed E-state index contributed by atoms with van der Waals surface area (Å²) in [6.45, 7) is 1.86. The van der Waals surface area contributed by atoms with E-state index in [4.69, 9.17) is 5.73 Å². The smallest absolute Gasteiger partial charge is 0.261 e. The van der Waals surface area contributed by atoms with E-state index in [1.807, 2.05) is 37.3 Å². The number of benzene rings is 1. The summed E-state index contributed by atoms with van der Waals surface area (Å²) >= 11 is 0. The third-order valence-electron chi connectivity index (χ3n) is 3.01. The number of rotatable bonds is 1. The molecule has 18 heavy (non-hydrogen) atoms. The zero-order valence-corrected chi connectivity index (χ0v) is 9.82. The molecule has 2 heterocycles. The molecule has 0 spiro atoms. The number of aryl methyl sites for hydroxylation is 1. The van der Waals surface area contributed by atoms with Crippen molar-refractivity contribution in [2.45, 2.75) is 6.92 Å². The molecule has 2 aromatic heterocycles. The molecular weight excluding hydrogens is 228 g/mol. The van der Waals surface area contributed by atoms with Crippen LogP contribution >= 0.6 is 0 Å².